The van der Waals surface area contributed by atoms with Crippen molar-refractivity contribution in [3.63, 3.8) is 0 Å². The minimum Gasteiger partial charge on any atom is -0.495 e. The van der Waals surface area contributed by atoms with E-state index in [0.717, 1.165) is 0 Å². The van der Waals surface area contributed by atoms with Crippen molar-refractivity contribution < 1.29 is 14.3 Å². The molecule has 0 radical (unpaired) electrons. The van der Waals surface area contributed by atoms with E-state index >= 15 is 0 Å². The maximum absolute atomic E-state index is 13.1. The van der Waals surface area contributed by atoms with Gasteiger partial charge >= 0.3 is 0 Å². The summed E-state index contributed by atoms with van der Waals surface area (Å²) in [7, 11) is 1.56. The van der Waals surface area contributed by atoms with Crippen LogP contribution in [0.1, 0.15) is 47.5 Å². The number of anilines is 1. The van der Waals surface area contributed by atoms with Gasteiger partial charge in [-0.3, -0.25) is 4.79 Å². The SMILES string of the molecule is CCOC(CC(C)C)(CC(C)C)C(=O)Nc1ccc(OC)c(Cl)c1. The highest BCUT2D eigenvalue weighted by Crippen LogP contribution is 2.32. The smallest absolute Gasteiger partial charge is 0.256 e. The van der Waals surface area contributed by atoms with Gasteiger partial charge < -0.3 is 14.8 Å². The first kappa shape index (κ1) is 20.8. The number of benzene rings is 1. The minimum absolute atomic E-state index is 0.118. The van der Waals surface area contributed by atoms with Gasteiger partial charge in [0.25, 0.3) is 5.91 Å². The molecule has 1 amide bonds. The average Bonchev–Trinajstić information content (AvgIpc) is 2.46. The van der Waals surface area contributed by atoms with Gasteiger partial charge in [0.05, 0.1) is 12.1 Å². The molecular weight excluding hydrogens is 326 g/mol. The number of nitrogens with one attached hydrogen (secondary N) is 1. The van der Waals surface area contributed by atoms with E-state index in [1.54, 1.807) is 25.3 Å². The Hall–Kier alpha value is -1.26. The van der Waals surface area contributed by atoms with Gasteiger partial charge in [-0.2, -0.15) is 0 Å². The molecule has 0 fully saturated rings. The number of amides is 1. The molecule has 0 aromatic heterocycles. The van der Waals surface area contributed by atoms with Crippen molar-refractivity contribution in [2.45, 2.75) is 53.1 Å². The summed E-state index contributed by atoms with van der Waals surface area (Å²) < 4.78 is 11.1. The van der Waals surface area contributed by atoms with Crippen LogP contribution in [0, 0.1) is 11.8 Å². The van der Waals surface area contributed by atoms with E-state index in [0.29, 0.717) is 47.7 Å². The third-order valence-corrected chi connectivity index (χ3v) is 4.02. The Morgan fingerprint density at radius 2 is 1.79 bits per heavy atom. The lowest BCUT2D eigenvalue weighted by molar-refractivity contribution is -0.146. The Morgan fingerprint density at radius 3 is 2.21 bits per heavy atom. The fraction of sp³-hybridized carbons (Fsp3) is 0.632. The summed E-state index contributed by atoms with van der Waals surface area (Å²) in [6.07, 6.45) is 1.35. The van der Waals surface area contributed by atoms with Crippen LogP contribution in [-0.4, -0.2) is 25.2 Å². The van der Waals surface area contributed by atoms with Gasteiger partial charge in [-0.05, 0) is 49.8 Å². The summed E-state index contributed by atoms with van der Waals surface area (Å²) >= 11 is 6.15. The molecule has 24 heavy (non-hydrogen) atoms. The number of methoxy groups -OCH3 is 1. The van der Waals surface area contributed by atoms with E-state index in [-0.39, 0.29) is 5.91 Å². The number of halogens is 1. The molecule has 0 saturated heterocycles. The van der Waals surface area contributed by atoms with Gasteiger partial charge in [0.2, 0.25) is 0 Å². The Bertz CT molecular complexity index is 533. The largest absolute Gasteiger partial charge is 0.495 e. The molecule has 1 aromatic rings. The first-order valence-corrected chi connectivity index (χ1v) is 8.90. The molecule has 0 atom stereocenters. The third-order valence-electron chi connectivity index (χ3n) is 3.72. The highest BCUT2D eigenvalue weighted by atomic mass is 35.5. The zero-order valence-electron chi connectivity index (χ0n) is 15.6. The van der Waals surface area contributed by atoms with Crippen LogP contribution in [0.5, 0.6) is 5.75 Å². The van der Waals surface area contributed by atoms with Crippen LogP contribution in [0.4, 0.5) is 5.69 Å². The van der Waals surface area contributed by atoms with E-state index < -0.39 is 5.60 Å². The molecule has 4 nitrogen and oxygen atoms in total. The minimum atomic E-state index is -0.830. The van der Waals surface area contributed by atoms with Gasteiger partial charge in [-0.25, -0.2) is 0 Å². The van der Waals surface area contributed by atoms with Crippen LogP contribution < -0.4 is 10.1 Å². The highest BCUT2D eigenvalue weighted by Gasteiger charge is 2.40. The van der Waals surface area contributed by atoms with E-state index in [1.807, 2.05) is 6.92 Å². The fourth-order valence-corrected chi connectivity index (χ4v) is 3.29. The second-order valence-corrected chi connectivity index (χ2v) is 7.33. The Labute approximate surface area is 150 Å². The van der Waals surface area contributed by atoms with Crippen molar-refractivity contribution in [1.29, 1.82) is 0 Å². The third kappa shape index (κ3) is 5.67. The number of hydrogen-bond acceptors (Lipinski definition) is 3. The van der Waals surface area contributed by atoms with Crippen LogP contribution >= 0.6 is 11.6 Å². The van der Waals surface area contributed by atoms with Crippen LogP contribution in [0.3, 0.4) is 0 Å². The predicted octanol–water partition coefficient (Wildman–Crippen LogP) is 5.15. The van der Waals surface area contributed by atoms with Gasteiger partial charge in [0.15, 0.2) is 0 Å². The first-order valence-electron chi connectivity index (χ1n) is 8.53. The van der Waals surface area contributed by atoms with E-state index in [4.69, 9.17) is 21.1 Å². The number of carbonyl (C=O) groups is 1. The molecule has 0 spiro atoms. The molecular formula is C19H30ClNO3. The summed E-state index contributed by atoms with van der Waals surface area (Å²) in [6, 6.07) is 5.22. The zero-order chi connectivity index (χ0) is 18.3. The lowest BCUT2D eigenvalue weighted by Crippen LogP contribution is -2.47. The molecule has 1 rings (SSSR count). The first-order chi connectivity index (χ1) is 11.2. The molecule has 0 aliphatic rings. The molecule has 0 bridgehead atoms. The van der Waals surface area contributed by atoms with Crippen LogP contribution in [0.2, 0.25) is 5.02 Å². The maximum atomic E-state index is 13.1. The van der Waals surface area contributed by atoms with E-state index in [2.05, 4.69) is 33.0 Å². The summed E-state index contributed by atoms with van der Waals surface area (Å²) in [5.74, 6) is 1.16. The second kappa shape index (κ2) is 9.28. The van der Waals surface area contributed by atoms with Crippen molar-refractivity contribution in [1.82, 2.24) is 0 Å². The molecule has 5 heteroatoms. The Morgan fingerprint density at radius 1 is 1.21 bits per heavy atom. The average molecular weight is 356 g/mol. The standard InChI is InChI=1S/C19H30ClNO3/c1-7-24-19(11-13(2)3,12-14(4)5)18(22)21-15-8-9-17(23-6)16(20)10-15/h8-10,13-14H,7,11-12H2,1-6H3,(H,21,22). The Kier molecular flexibility index (Phi) is 8.04. The summed E-state index contributed by atoms with van der Waals surface area (Å²) in [6.45, 7) is 10.8. The van der Waals surface area contributed by atoms with E-state index in [9.17, 15) is 4.79 Å². The number of hydrogen-bond donors (Lipinski definition) is 1. The van der Waals surface area contributed by atoms with Crippen LogP contribution in [0.15, 0.2) is 18.2 Å². The lowest BCUT2D eigenvalue weighted by atomic mass is 9.83. The van der Waals surface area contributed by atoms with Gasteiger partial charge in [0.1, 0.15) is 11.4 Å². The molecule has 1 N–H and O–H groups in total. The lowest BCUT2D eigenvalue weighted by Gasteiger charge is -2.35. The van der Waals surface area contributed by atoms with Gasteiger partial charge in [0, 0.05) is 12.3 Å². The van der Waals surface area contributed by atoms with Crippen molar-refractivity contribution >= 4 is 23.2 Å². The molecule has 0 unspecified atom stereocenters. The maximum Gasteiger partial charge on any atom is 0.256 e. The topological polar surface area (TPSA) is 47.6 Å². The summed E-state index contributed by atoms with van der Waals surface area (Å²) in [5.41, 5.74) is -0.189. The monoisotopic (exact) mass is 355 g/mol. The molecule has 0 heterocycles. The van der Waals surface area contributed by atoms with E-state index in [1.165, 1.54) is 0 Å². The number of rotatable bonds is 9. The van der Waals surface area contributed by atoms with Crippen molar-refractivity contribution in [2.75, 3.05) is 19.0 Å². The second-order valence-electron chi connectivity index (χ2n) is 6.93. The fourth-order valence-electron chi connectivity index (χ4n) is 3.04. The molecule has 0 aliphatic heterocycles. The molecule has 1 aromatic carbocycles. The van der Waals surface area contributed by atoms with Gasteiger partial charge in [-0.15, -0.1) is 0 Å². The highest BCUT2D eigenvalue weighted by molar-refractivity contribution is 6.32. The predicted molar refractivity (Wildman–Crippen MR) is 99.9 cm³/mol. The summed E-state index contributed by atoms with van der Waals surface area (Å²) in [5, 5.41) is 3.43. The number of ether oxygens (including phenoxy) is 2. The van der Waals surface area contributed by atoms with Crippen molar-refractivity contribution in [2.24, 2.45) is 11.8 Å². The molecule has 0 saturated carbocycles. The molecule has 0 aliphatic carbocycles. The molecule has 136 valence electrons. The Balaban J connectivity index is 3.07. The van der Waals surface area contributed by atoms with Gasteiger partial charge in [-0.1, -0.05) is 39.3 Å². The quantitative estimate of drug-likeness (QED) is 0.666. The van der Waals surface area contributed by atoms with Crippen LogP contribution in [0.25, 0.3) is 0 Å². The zero-order valence-corrected chi connectivity index (χ0v) is 16.4. The number of carbonyl (C=O) groups excluding carboxylic acids is 1. The summed E-state index contributed by atoms with van der Waals surface area (Å²) in [4.78, 5) is 13.1. The van der Waals surface area contributed by atoms with Crippen molar-refractivity contribution in [3.8, 4) is 5.75 Å². The normalized spacial score (nSPS) is 11.9. The van der Waals surface area contributed by atoms with Crippen LogP contribution in [-0.2, 0) is 9.53 Å². The van der Waals surface area contributed by atoms with Crippen molar-refractivity contribution in [3.05, 3.63) is 23.2 Å².